The SMILES string of the molecule is CC(C)(C)Oc1cccc2cc(C(=O)NC3C4CCN(CC4)C3(C)C)sc12. The molecule has 0 radical (unpaired) electrons. The number of carbonyl (C=O) groups excluding carboxylic acids is 1. The van der Waals surface area contributed by atoms with E-state index in [0.717, 1.165) is 33.8 Å². The third-order valence-corrected chi connectivity index (χ3v) is 7.19. The number of nitrogens with one attached hydrogen (secondary N) is 1. The summed E-state index contributed by atoms with van der Waals surface area (Å²) >= 11 is 1.53. The van der Waals surface area contributed by atoms with Crippen LogP contribution in [0.2, 0.25) is 0 Å². The van der Waals surface area contributed by atoms with Crippen molar-refractivity contribution >= 4 is 27.3 Å². The molecule has 5 heteroatoms. The van der Waals surface area contributed by atoms with E-state index in [1.165, 1.54) is 24.2 Å². The van der Waals surface area contributed by atoms with Crippen LogP contribution in [-0.2, 0) is 0 Å². The van der Waals surface area contributed by atoms with Crippen molar-refractivity contribution in [1.82, 2.24) is 10.2 Å². The number of hydrogen-bond donors (Lipinski definition) is 1. The van der Waals surface area contributed by atoms with Crippen molar-refractivity contribution in [1.29, 1.82) is 0 Å². The Balaban J connectivity index is 1.59. The summed E-state index contributed by atoms with van der Waals surface area (Å²) in [5, 5.41) is 4.44. The number of thiophene rings is 1. The van der Waals surface area contributed by atoms with Crippen LogP contribution in [0.1, 0.15) is 57.1 Å². The Morgan fingerprint density at radius 3 is 2.59 bits per heavy atom. The van der Waals surface area contributed by atoms with E-state index in [4.69, 9.17) is 4.74 Å². The Morgan fingerprint density at radius 1 is 1.26 bits per heavy atom. The minimum Gasteiger partial charge on any atom is -0.487 e. The summed E-state index contributed by atoms with van der Waals surface area (Å²) in [6, 6.07) is 8.24. The Bertz CT molecular complexity index is 857. The molecule has 3 aliphatic rings. The maximum Gasteiger partial charge on any atom is 0.261 e. The van der Waals surface area contributed by atoms with Crippen LogP contribution >= 0.6 is 11.3 Å². The third-order valence-electron chi connectivity index (χ3n) is 6.02. The Kier molecular flexibility index (Phi) is 4.51. The quantitative estimate of drug-likeness (QED) is 0.833. The van der Waals surface area contributed by atoms with Crippen LogP contribution in [0.5, 0.6) is 5.75 Å². The van der Waals surface area contributed by atoms with E-state index in [9.17, 15) is 4.79 Å². The fourth-order valence-electron chi connectivity index (χ4n) is 4.65. The maximum atomic E-state index is 13.1. The highest BCUT2D eigenvalue weighted by Crippen LogP contribution is 2.40. The van der Waals surface area contributed by atoms with Gasteiger partial charge in [0.1, 0.15) is 11.4 Å². The molecular weight excluding hydrogens is 356 g/mol. The van der Waals surface area contributed by atoms with Crippen molar-refractivity contribution in [3.63, 3.8) is 0 Å². The molecule has 27 heavy (non-hydrogen) atoms. The maximum absolute atomic E-state index is 13.1. The highest BCUT2D eigenvalue weighted by atomic mass is 32.1. The van der Waals surface area contributed by atoms with Gasteiger partial charge < -0.3 is 10.1 Å². The second-order valence-electron chi connectivity index (χ2n) is 9.43. The summed E-state index contributed by atoms with van der Waals surface area (Å²) in [4.78, 5) is 16.4. The Labute approximate surface area is 165 Å². The normalized spacial score (nSPS) is 26.9. The van der Waals surface area contributed by atoms with Crippen molar-refractivity contribution in [2.24, 2.45) is 5.92 Å². The highest BCUT2D eigenvalue weighted by molar-refractivity contribution is 7.21. The Hall–Kier alpha value is -1.59. The van der Waals surface area contributed by atoms with Crippen molar-refractivity contribution in [2.45, 2.75) is 64.6 Å². The van der Waals surface area contributed by atoms with Gasteiger partial charge in [0, 0.05) is 11.6 Å². The van der Waals surface area contributed by atoms with Gasteiger partial charge in [0.25, 0.3) is 5.91 Å². The number of benzene rings is 1. The molecule has 1 unspecified atom stereocenters. The summed E-state index contributed by atoms with van der Waals surface area (Å²) in [6.07, 6.45) is 2.37. The molecule has 1 atom stereocenters. The number of ether oxygens (including phenoxy) is 1. The predicted molar refractivity (Wildman–Crippen MR) is 112 cm³/mol. The molecule has 5 rings (SSSR count). The van der Waals surface area contributed by atoms with Crippen LogP contribution in [0.3, 0.4) is 0 Å². The van der Waals surface area contributed by atoms with Gasteiger partial charge in [-0.25, -0.2) is 0 Å². The first-order chi connectivity index (χ1) is 12.6. The zero-order valence-electron chi connectivity index (χ0n) is 17.0. The number of piperidine rings is 3. The molecule has 0 spiro atoms. The average molecular weight is 387 g/mol. The lowest BCUT2D eigenvalue weighted by molar-refractivity contribution is -0.0377. The van der Waals surface area contributed by atoms with Gasteiger partial charge in [-0.15, -0.1) is 11.3 Å². The second-order valence-corrected chi connectivity index (χ2v) is 10.5. The van der Waals surface area contributed by atoms with Crippen LogP contribution < -0.4 is 10.1 Å². The molecule has 3 aliphatic heterocycles. The van der Waals surface area contributed by atoms with Gasteiger partial charge in [-0.3, -0.25) is 9.69 Å². The van der Waals surface area contributed by atoms with Crippen molar-refractivity contribution in [3.8, 4) is 5.75 Å². The zero-order valence-corrected chi connectivity index (χ0v) is 17.8. The van der Waals surface area contributed by atoms with Gasteiger partial charge in [-0.2, -0.15) is 0 Å². The predicted octanol–water partition coefficient (Wildman–Crippen LogP) is 4.68. The number of nitrogens with zero attached hydrogens (tertiary/aromatic N) is 1. The number of rotatable bonds is 3. The molecule has 2 bridgehead atoms. The van der Waals surface area contributed by atoms with Crippen LogP contribution in [0, 0.1) is 5.92 Å². The lowest BCUT2D eigenvalue weighted by Crippen LogP contribution is -2.69. The van der Waals surface area contributed by atoms with E-state index in [1.54, 1.807) is 0 Å². The summed E-state index contributed by atoms with van der Waals surface area (Å²) in [6.45, 7) is 13.0. The molecule has 1 aromatic heterocycles. The van der Waals surface area contributed by atoms with Gasteiger partial charge in [0.2, 0.25) is 0 Å². The monoisotopic (exact) mass is 386 g/mol. The van der Waals surface area contributed by atoms with Crippen LogP contribution in [0.25, 0.3) is 10.1 Å². The first-order valence-electron chi connectivity index (χ1n) is 9.93. The van der Waals surface area contributed by atoms with E-state index in [0.29, 0.717) is 5.92 Å². The van der Waals surface area contributed by atoms with Crippen LogP contribution in [0.4, 0.5) is 0 Å². The third kappa shape index (κ3) is 3.47. The largest absolute Gasteiger partial charge is 0.487 e. The topological polar surface area (TPSA) is 41.6 Å². The molecule has 2 aromatic rings. The molecule has 4 nitrogen and oxygen atoms in total. The van der Waals surface area contributed by atoms with E-state index in [-0.39, 0.29) is 23.1 Å². The first kappa shape index (κ1) is 18.8. The summed E-state index contributed by atoms with van der Waals surface area (Å²) in [5.41, 5.74) is -0.242. The number of fused-ring (bicyclic) bond motifs is 4. The lowest BCUT2D eigenvalue weighted by atomic mass is 9.72. The van der Waals surface area contributed by atoms with Crippen molar-refractivity contribution < 1.29 is 9.53 Å². The van der Waals surface area contributed by atoms with Gasteiger partial charge in [-0.05, 0) is 84.0 Å². The molecular formula is C22H30N2O2S. The summed E-state index contributed by atoms with van der Waals surface area (Å²) in [7, 11) is 0. The average Bonchev–Trinajstić information content (AvgIpc) is 3.02. The molecule has 3 fully saturated rings. The lowest BCUT2D eigenvalue weighted by Gasteiger charge is -2.56. The Morgan fingerprint density at radius 2 is 1.96 bits per heavy atom. The molecule has 146 valence electrons. The van der Waals surface area contributed by atoms with Crippen LogP contribution in [-0.4, -0.2) is 41.1 Å². The van der Waals surface area contributed by atoms with Gasteiger partial charge in [0.05, 0.1) is 9.58 Å². The molecule has 0 saturated carbocycles. The number of carbonyl (C=O) groups is 1. The molecule has 1 amide bonds. The smallest absolute Gasteiger partial charge is 0.261 e. The number of hydrogen-bond acceptors (Lipinski definition) is 4. The zero-order chi connectivity index (χ0) is 19.4. The minimum absolute atomic E-state index is 0.0218. The first-order valence-corrected chi connectivity index (χ1v) is 10.7. The van der Waals surface area contributed by atoms with Crippen molar-refractivity contribution in [3.05, 3.63) is 29.1 Å². The fourth-order valence-corrected chi connectivity index (χ4v) is 5.66. The fraction of sp³-hybridized carbons (Fsp3) is 0.591. The second kappa shape index (κ2) is 6.49. The van der Waals surface area contributed by atoms with E-state index in [2.05, 4.69) is 30.1 Å². The molecule has 1 aromatic carbocycles. The molecule has 3 saturated heterocycles. The van der Waals surface area contributed by atoms with Crippen LogP contribution in [0.15, 0.2) is 24.3 Å². The van der Waals surface area contributed by atoms with Gasteiger partial charge in [-0.1, -0.05) is 12.1 Å². The standard InChI is InChI=1S/C22H30N2O2S/c1-21(2,3)26-16-8-6-7-15-13-17(27-18(15)16)20(25)23-19-14-9-11-24(12-10-14)22(19,4)5/h6-8,13-14,19H,9-12H2,1-5H3,(H,23,25). The number of amides is 1. The molecule has 4 heterocycles. The molecule has 0 aliphatic carbocycles. The van der Waals surface area contributed by atoms with Gasteiger partial charge in [0.15, 0.2) is 0 Å². The van der Waals surface area contributed by atoms with E-state index >= 15 is 0 Å². The minimum atomic E-state index is -0.263. The summed E-state index contributed by atoms with van der Waals surface area (Å²) < 4.78 is 7.15. The molecule has 1 N–H and O–H groups in total. The van der Waals surface area contributed by atoms with Gasteiger partial charge >= 0.3 is 0 Å². The van der Waals surface area contributed by atoms with E-state index in [1.807, 2.05) is 39.0 Å². The highest BCUT2D eigenvalue weighted by Gasteiger charge is 2.48. The summed E-state index contributed by atoms with van der Waals surface area (Å²) in [5.74, 6) is 1.49. The van der Waals surface area contributed by atoms with Crippen molar-refractivity contribution in [2.75, 3.05) is 13.1 Å². The van der Waals surface area contributed by atoms with E-state index < -0.39 is 0 Å².